The SMILES string of the molecule is Cc1nc(NC(C)c2cccc(C(F)F)c2F)c2cn(C3CCCCC3)c(=O)cc2n1. The molecule has 4 rings (SSSR count). The van der Waals surface area contributed by atoms with Crippen LogP contribution in [-0.4, -0.2) is 14.5 Å². The molecular formula is C23H25F3N4O. The molecule has 1 atom stereocenters. The van der Waals surface area contributed by atoms with E-state index in [2.05, 4.69) is 15.3 Å². The van der Waals surface area contributed by atoms with Gasteiger partial charge >= 0.3 is 0 Å². The van der Waals surface area contributed by atoms with Gasteiger partial charge in [-0.25, -0.2) is 23.1 Å². The zero-order chi connectivity index (χ0) is 22.1. The van der Waals surface area contributed by atoms with E-state index in [1.165, 1.54) is 24.6 Å². The van der Waals surface area contributed by atoms with Gasteiger partial charge in [0.15, 0.2) is 0 Å². The Labute approximate surface area is 178 Å². The van der Waals surface area contributed by atoms with Gasteiger partial charge in [0, 0.05) is 23.9 Å². The number of hydrogen-bond donors (Lipinski definition) is 1. The van der Waals surface area contributed by atoms with Crippen molar-refractivity contribution in [2.45, 2.75) is 64.5 Å². The highest BCUT2D eigenvalue weighted by Crippen LogP contribution is 2.31. The van der Waals surface area contributed by atoms with E-state index in [0.717, 1.165) is 31.7 Å². The van der Waals surface area contributed by atoms with Crippen molar-refractivity contribution < 1.29 is 13.2 Å². The van der Waals surface area contributed by atoms with Crippen LogP contribution in [0.4, 0.5) is 19.0 Å². The van der Waals surface area contributed by atoms with E-state index < -0.39 is 23.8 Å². The monoisotopic (exact) mass is 430 g/mol. The summed E-state index contributed by atoms with van der Waals surface area (Å²) in [6, 6.07) is 5.01. The van der Waals surface area contributed by atoms with E-state index in [4.69, 9.17) is 0 Å². The first-order chi connectivity index (χ1) is 14.8. The van der Waals surface area contributed by atoms with E-state index in [1.54, 1.807) is 24.6 Å². The van der Waals surface area contributed by atoms with Crippen LogP contribution in [0.5, 0.6) is 0 Å². The predicted octanol–water partition coefficient (Wildman–Crippen LogP) is 5.85. The normalized spacial score (nSPS) is 16.1. The van der Waals surface area contributed by atoms with Gasteiger partial charge < -0.3 is 9.88 Å². The van der Waals surface area contributed by atoms with Crippen LogP contribution in [0, 0.1) is 12.7 Å². The third-order valence-corrected chi connectivity index (χ3v) is 5.95. The van der Waals surface area contributed by atoms with Crippen LogP contribution in [0.1, 0.15) is 74.5 Å². The van der Waals surface area contributed by atoms with E-state index in [0.29, 0.717) is 22.5 Å². The summed E-state index contributed by atoms with van der Waals surface area (Å²) in [4.78, 5) is 21.5. The number of pyridine rings is 1. The fourth-order valence-corrected chi connectivity index (χ4v) is 4.34. The number of fused-ring (bicyclic) bond motifs is 1. The van der Waals surface area contributed by atoms with Crippen molar-refractivity contribution in [2.75, 3.05) is 5.32 Å². The number of halogens is 3. The molecule has 2 heterocycles. The van der Waals surface area contributed by atoms with Gasteiger partial charge in [-0.05, 0) is 26.7 Å². The predicted molar refractivity (Wildman–Crippen MR) is 114 cm³/mol. The Morgan fingerprint density at radius 2 is 1.84 bits per heavy atom. The van der Waals surface area contributed by atoms with E-state index in [-0.39, 0.29) is 17.2 Å². The number of anilines is 1. The number of benzene rings is 1. The fraction of sp³-hybridized carbons (Fsp3) is 0.435. The van der Waals surface area contributed by atoms with E-state index in [9.17, 15) is 18.0 Å². The molecule has 2 aromatic heterocycles. The van der Waals surface area contributed by atoms with Crippen LogP contribution in [0.15, 0.2) is 35.3 Å². The van der Waals surface area contributed by atoms with Crippen molar-refractivity contribution in [3.05, 3.63) is 63.6 Å². The van der Waals surface area contributed by atoms with E-state index in [1.807, 2.05) is 0 Å². The quantitative estimate of drug-likeness (QED) is 0.551. The Bertz CT molecular complexity index is 1160. The summed E-state index contributed by atoms with van der Waals surface area (Å²) < 4.78 is 42.6. The van der Waals surface area contributed by atoms with Crippen molar-refractivity contribution in [3.8, 4) is 0 Å². The summed E-state index contributed by atoms with van der Waals surface area (Å²) in [5.74, 6) is -0.0214. The third kappa shape index (κ3) is 4.29. The lowest BCUT2D eigenvalue weighted by Gasteiger charge is -2.24. The number of nitrogens with one attached hydrogen (secondary N) is 1. The summed E-state index contributed by atoms with van der Waals surface area (Å²) in [6.07, 6.45) is 4.12. The number of hydrogen-bond acceptors (Lipinski definition) is 4. The minimum Gasteiger partial charge on any atom is -0.363 e. The standard InChI is InChI=1S/C23H25F3N4O/c1-13(16-9-6-10-17(21(16)24)22(25)26)27-23-18-12-30(15-7-4-3-5-8-15)20(31)11-19(18)28-14(2)29-23/h6,9-13,15,22H,3-5,7-8H2,1-2H3,(H,27,28,29). The smallest absolute Gasteiger partial charge is 0.266 e. The van der Waals surface area contributed by atoms with Crippen molar-refractivity contribution in [3.63, 3.8) is 0 Å². The molecule has 3 aromatic rings. The lowest BCUT2D eigenvalue weighted by Crippen LogP contribution is -2.25. The molecule has 1 fully saturated rings. The van der Waals surface area contributed by atoms with Crippen LogP contribution in [0.2, 0.25) is 0 Å². The van der Waals surface area contributed by atoms with Crippen molar-refractivity contribution in [2.24, 2.45) is 0 Å². The molecule has 1 aliphatic carbocycles. The molecule has 0 bridgehead atoms. The molecule has 0 saturated heterocycles. The second-order valence-corrected chi connectivity index (χ2v) is 8.15. The van der Waals surface area contributed by atoms with Gasteiger partial charge in [-0.2, -0.15) is 0 Å². The number of aromatic nitrogens is 3. The van der Waals surface area contributed by atoms with Gasteiger partial charge in [0.2, 0.25) is 0 Å². The van der Waals surface area contributed by atoms with Crippen LogP contribution in [0.25, 0.3) is 10.9 Å². The highest BCUT2D eigenvalue weighted by Gasteiger charge is 2.22. The molecule has 31 heavy (non-hydrogen) atoms. The molecule has 1 N–H and O–H groups in total. The van der Waals surface area contributed by atoms with Gasteiger partial charge in [-0.1, -0.05) is 37.5 Å². The van der Waals surface area contributed by atoms with Gasteiger partial charge in [-0.15, -0.1) is 0 Å². The molecule has 1 saturated carbocycles. The number of rotatable bonds is 5. The molecule has 0 radical (unpaired) electrons. The number of nitrogens with zero attached hydrogens (tertiary/aromatic N) is 3. The molecule has 5 nitrogen and oxygen atoms in total. The van der Waals surface area contributed by atoms with Gasteiger partial charge in [0.05, 0.1) is 22.5 Å². The summed E-state index contributed by atoms with van der Waals surface area (Å²) in [5.41, 5.74) is -0.0999. The van der Waals surface area contributed by atoms with Crippen molar-refractivity contribution >= 4 is 16.7 Å². The van der Waals surface area contributed by atoms with Crippen LogP contribution < -0.4 is 10.9 Å². The Kier molecular flexibility index (Phi) is 5.98. The Morgan fingerprint density at radius 3 is 2.55 bits per heavy atom. The van der Waals surface area contributed by atoms with Gasteiger partial charge in [-0.3, -0.25) is 4.79 Å². The molecular weight excluding hydrogens is 405 g/mol. The first-order valence-electron chi connectivity index (χ1n) is 10.6. The maximum Gasteiger partial charge on any atom is 0.266 e. The zero-order valence-corrected chi connectivity index (χ0v) is 17.5. The van der Waals surface area contributed by atoms with Crippen molar-refractivity contribution in [1.82, 2.24) is 14.5 Å². The summed E-state index contributed by atoms with van der Waals surface area (Å²) in [5, 5.41) is 3.79. The minimum absolute atomic E-state index is 0.104. The summed E-state index contributed by atoms with van der Waals surface area (Å²) >= 11 is 0. The Hall–Kier alpha value is -2.90. The molecule has 8 heteroatoms. The molecule has 164 valence electrons. The maximum absolute atomic E-state index is 14.6. The minimum atomic E-state index is -2.89. The third-order valence-electron chi connectivity index (χ3n) is 5.95. The number of aryl methyl sites for hydroxylation is 1. The lowest BCUT2D eigenvalue weighted by molar-refractivity contribution is 0.146. The average Bonchev–Trinajstić information content (AvgIpc) is 2.73. The first kappa shape index (κ1) is 21.3. The lowest BCUT2D eigenvalue weighted by atomic mass is 9.95. The summed E-state index contributed by atoms with van der Waals surface area (Å²) in [7, 11) is 0. The fourth-order valence-electron chi connectivity index (χ4n) is 4.34. The van der Waals surface area contributed by atoms with Crippen LogP contribution >= 0.6 is 0 Å². The Balaban J connectivity index is 1.75. The molecule has 0 spiro atoms. The first-order valence-corrected chi connectivity index (χ1v) is 10.6. The van der Waals surface area contributed by atoms with E-state index >= 15 is 0 Å². The molecule has 0 amide bonds. The summed E-state index contributed by atoms with van der Waals surface area (Å²) in [6.45, 7) is 3.40. The molecule has 1 aliphatic rings. The van der Waals surface area contributed by atoms with Crippen LogP contribution in [0.3, 0.4) is 0 Å². The van der Waals surface area contributed by atoms with Gasteiger partial charge in [0.1, 0.15) is 17.5 Å². The van der Waals surface area contributed by atoms with Gasteiger partial charge in [0.25, 0.3) is 12.0 Å². The van der Waals surface area contributed by atoms with Crippen LogP contribution in [-0.2, 0) is 0 Å². The average molecular weight is 430 g/mol. The number of alkyl halides is 2. The molecule has 0 aliphatic heterocycles. The zero-order valence-electron chi connectivity index (χ0n) is 17.5. The maximum atomic E-state index is 14.6. The molecule has 1 unspecified atom stereocenters. The topological polar surface area (TPSA) is 59.8 Å². The second kappa shape index (κ2) is 8.69. The highest BCUT2D eigenvalue weighted by atomic mass is 19.3. The highest BCUT2D eigenvalue weighted by molar-refractivity contribution is 5.88. The Morgan fingerprint density at radius 1 is 1.13 bits per heavy atom. The molecule has 1 aromatic carbocycles. The second-order valence-electron chi connectivity index (χ2n) is 8.15. The van der Waals surface area contributed by atoms with Crippen molar-refractivity contribution in [1.29, 1.82) is 0 Å². The largest absolute Gasteiger partial charge is 0.363 e.